The molecule has 0 spiro atoms. The molecular weight excluding hydrogens is 254 g/mol. The average molecular weight is 279 g/mol. The molecule has 4 unspecified atom stereocenters. The van der Waals surface area contributed by atoms with Crippen molar-refractivity contribution >= 4 is 5.78 Å². The third-order valence-corrected chi connectivity index (χ3v) is 6.10. The summed E-state index contributed by atoms with van der Waals surface area (Å²) in [6.45, 7) is 4.29. The molecule has 2 aliphatic carbocycles. The lowest BCUT2D eigenvalue weighted by Crippen LogP contribution is -2.63. The van der Waals surface area contributed by atoms with Crippen LogP contribution in [0, 0.1) is 17.8 Å². The van der Waals surface area contributed by atoms with E-state index >= 15 is 0 Å². The van der Waals surface area contributed by atoms with Crippen molar-refractivity contribution in [2.24, 2.45) is 17.8 Å². The Morgan fingerprint density at radius 1 is 1.15 bits per heavy atom. The number of rotatable bonds is 1. The van der Waals surface area contributed by atoms with E-state index in [1.54, 1.807) is 0 Å². The van der Waals surface area contributed by atoms with Crippen molar-refractivity contribution < 1.29 is 14.3 Å². The first-order valence-electron chi connectivity index (χ1n) is 8.31. The number of carbonyl (C=O) groups excluding carboxylic acids is 1. The lowest BCUT2D eigenvalue weighted by atomic mass is 9.67. The Morgan fingerprint density at radius 3 is 2.85 bits per heavy atom. The minimum Gasteiger partial charge on any atom is -0.379 e. The Bertz CT molecular complexity index is 393. The smallest absolute Gasteiger partial charge is 0.138 e. The number of hydrogen-bond acceptors (Lipinski definition) is 4. The molecule has 0 radical (unpaired) electrons. The summed E-state index contributed by atoms with van der Waals surface area (Å²) >= 11 is 0. The number of ether oxygens (including phenoxy) is 2. The first kappa shape index (κ1) is 13.2. The molecule has 0 aromatic rings. The minimum absolute atomic E-state index is 0.0669. The molecular formula is C16H25NO3. The lowest BCUT2D eigenvalue weighted by Gasteiger charge is -2.54. The van der Waals surface area contributed by atoms with Gasteiger partial charge in [-0.15, -0.1) is 0 Å². The lowest BCUT2D eigenvalue weighted by molar-refractivity contribution is -0.245. The highest BCUT2D eigenvalue weighted by Crippen LogP contribution is 2.53. The van der Waals surface area contributed by atoms with E-state index in [4.69, 9.17) is 9.47 Å². The summed E-state index contributed by atoms with van der Waals surface area (Å²) in [4.78, 5) is 14.7. The number of ketones is 1. The summed E-state index contributed by atoms with van der Waals surface area (Å²) in [5, 5.41) is 0. The monoisotopic (exact) mass is 279 g/mol. The topological polar surface area (TPSA) is 38.8 Å². The second-order valence-corrected chi connectivity index (χ2v) is 6.88. The maximum Gasteiger partial charge on any atom is 0.138 e. The van der Waals surface area contributed by atoms with Crippen LogP contribution in [0.2, 0.25) is 0 Å². The molecule has 0 N–H and O–H groups in total. The molecule has 4 atom stereocenters. The fourth-order valence-corrected chi connectivity index (χ4v) is 5.21. The predicted octanol–water partition coefficient (Wildman–Crippen LogP) is 1.83. The Hall–Kier alpha value is -0.450. The fourth-order valence-electron chi connectivity index (χ4n) is 5.21. The SMILES string of the molecule is O=C1CCCC2C1COC1(N3CCOCC3)CCCC21. The molecule has 4 nitrogen and oxygen atoms in total. The van der Waals surface area contributed by atoms with Crippen LogP contribution in [0.15, 0.2) is 0 Å². The number of carbonyl (C=O) groups is 1. The van der Waals surface area contributed by atoms with Crippen molar-refractivity contribution in [1.82, 2.24) is 4.90 Å². The molecule has 112 valence electrons. The third kappa shape index (κ3) is 1.88. The van der Waals surface area contributed by atoms with E-state index in [1.165, 1.54) is 19.3 Å². The molecule has 0 bridgehead atoms. The highest BCUT2D eigenvalue weighted by atomic mass is 16.5. The predicted molar refractivity (Wildman–Crippen MR) is 74.3 cm³/mol. The largest absolute Gasteiger partial charge is 0.379 e. The standard InChI is InChI=1S/C16H25NO3/c18-15-5-1-3-12-13(15)11-20-16(6-2-4-14(12)16)17-7-9-19-10-8-17/h12-14H,1-11H2. The Kier molecular flexibility index (Phi) is 3.36. The van der Waals surface area contributed by atoms with Gasteiger partial charge >= 0.3 is 0 Å². The van der Waals surface area contributed by atoms with Crippen molar-refractivity contribution in [3.05, 3.63) is 0 Å². The van der Waals surface area contributed by atoms with Crippen LogP contribution in [0.5, 0.6) is 0 Å². The Morgan fingerprint density at radius 2 is 2.00 bits per heavy atom. The van der Waals surface area contributed by atoms with Crippen LogP contribution in [-0.2, 0) is 14.3 Å². The molecule has 2 saturated carbocycles. The van der Waals surface area contributed by atoms with Gasteiger partial charge in [-0.05, 0) is 38.0 Å². The van der Waals surface area contributed by atoms with Crippen molar-refractivity contribution in [2.75, 3.05) is 32.9 Å². The minimum atomic E-state index is -0.0669. The zero-order chi connectivity index (χ0) is 13.6. The van der Waals surface area contributed by atoms with Crippen LogP contribution in [0.1, 0.15) is 38.5 Å². The van der Waals surface area contributed by atoms with Crippen LogP contribution in [-0.4, -0.2) is 49.3 Å². The van der Waals surface area contributed by atoms with Gasteiger partial charge in [-0.2, -0.15) is 0 Å². The van der Waals surface area contributed by atoms with Gasteiger partial charge in [-0.3, -0.25) is 9.69 Å². The van der Waals surface area contributed by atoms with Gasteiger partial charge < -0.3 is 9.47 Å². The molecule has 2 heterocycles. The molecule has 0 aromatic heterocycles. The highest BCUT2D eigenvalue weighted by molar-refractivity contribution is 5.82. The van der Waals surface area contributed by atoms with E-state index in [9.17, 15) is 4.79 Å². The Balaban J connectivity index is 1.61. The molecule has 4 heteroatoms. The number of Topliss-reactive ketones (excluding diaryl/α,β-unsaturated/α-hetero) is 1. The second-order valence-electron chi connectivity index (χ2n) is 6.88. The average Bonchev–Trinajstić information content (AvgIpc) is 2.94. The summed E-state index contributed by atoms with van der Waals surface area (Å²) in [7, 11) is 0. The van der Waals surface area contributed by atoms with E-state index in [-0.39, 0.29) is 11.6 Å². The molecule has 2 saturated heterocycles. The quantitative estimate of drug-likeness (QED) is 0.734. The van der Waals surface area contributed by atoms with E-state index in [0.717, 1.165) is 45.6 Å². The fraction of sp³-hybridized carbons (Fsp3) is 0.938. The molecule has 4 rings (SSSR count). The molecule has 4 fully saturated rings. The van der Waals surface area contributed by atoms with Crippen molar-refractivity contribution in [3.8, 4) is 0 Å². The third-order valence-electron chi connectivity index (χ3n) is 6.10. The molecule has 4 aliphatic rings. The number of nitrogens with zero attached hydrogens (tertiary/aromatic N) is 1. The van der Waals surface area contributed by atoms with Gasteiger partial charge in [0.1, 0.15) is 11.5 Å². The Labute approximate surface area is 120 Å². The summed E-state index contributed by atoms with van der Waals surface area (Å²) in [5.74, 6) is 1.81. The molecule has 0 aromatic carbocycles. The van der Waals surface area contributed by atoms with Gasteiger partial charge in [0.25, 0.3) is 0 Å². The van der Waals surface area contributed by atoms with Gasteiger partial charge in [0.05, 0.1) is 19.8 Å². The van der Waals surface area contributed by atoms with Crippen LogP contribution < -0.4 is 0 Å². The first-order chi connectivity index (χ1) is 9.81. The molecule has 2 aliphatic heterocycles. The number of fused-ring (bicyclic) bond motifs is 3. The van der Waals surface area contributed by atoms with Gasteiger partial charge in [0, 0.05) is 31.3 Å². The summed E-state index contributed by atoms with van der Waals surface area (Å²) in [5.41, 5.74) is -0.0669. The first-order valence-corrected chi connectivity index (χ1v) is 8.31. The van der Waals surface area contributed by atoms with Crippen LogP contribution in [0.25, 0.3) is 0 Å². The van der Waals surface area contributed by atoms with Gasteiger partial charge in [0.2, 0.25) is 0 Å². The van der Waals surface area contributed by atoms with E-state index in [0.29, 0.717) is 24.2 Å². The zero-order valence-electron chi connectivity index (χ0n) is 12.2. The normalized spacial score (nSPS) is 46.0. The second kappa shape index (κ2) is 5.08. The van der Waals surface area contributed by atoms with Crippen LogP contribution in [0.3, 0.4) is 0 Å². The van der Waals surface area contributed by atoms with Crippen LogP contribution >= 0.6 is 0 Å². The van der Waals surface area contributed by atoms with Gasteiger partial charge in [-0.1, -0.05) is 0 Å². The number of hydrogen-bond donors (Lipinski definition) is 0. The van der Waals surface area contributed by atoms with E-state index < -0.39 is 0 Å². The van der Waals surface area contributed by atoms with E-state index in [2.05, 4.69) is 4.90 Å². The number of morpholine rings is 1. The molecule has 20 heavy (non-hydrogen) atoms. The van der Waals surface area contributed by atoms with Gasteiger partial charge in [0.15, 0.2) is 0 Å². The highest BCUT2D eigenvalue weighted by Gasteiger charge is 2.57. The van der Waals surface area contributed by atoms with Crippen molar-refractivity contribution in [2.45, 2.75) is 44.2 Å². The van der Waals surface area contributed by atoms with Crippen molar-refractivity contribution in [3.63, 3.8) is 0 Å². The zero-order valence-corrected chi connectivity index (χ0v) is 12.2. The van der Waals surface area contributed by atoms with Crippen molar-refractivity contribution in [1.29, 1.82) is 0 Å². The van der Waals surface area contributed by atoms with Crippen LogP contribution in [0.4, 0.5) is 0 Å². The molecule has 0 amide bonds. The summed E-state index contributed by atoms with van der Waals surface area (Å²) in [6, 6.07) is 0. The van der Waals surface area contributed by atoms with E-state index in [1.807, 2.05) is 0 Å². The van der Waals surface area contributed by atoms with Gasteiger partial charge in [-0.25, -0.2) is 0 Å². The maximum absolute atomic E-state index is 12.2. The summed E-state index contributed by atoms with van der Waals surface area (Å²) < 4.78 is 11.9. The maximum atomic E-state index is 12.2. The summed E-state index contributed by atoms with van der Waals surface area (Å²) in [6.07, 6.45) is 6.74.